The summed E-state index contributed by atoms with van der Waals surface area (Å²) in [6, 6.07) is 0. The number of hydrogen-bond acceptors (Lipinski definition) is 2. The molecule has 70 valence electrons. The summed E-state index contributed by atoms with van der Waals surface area (Å²) in [6.07, 6.45) is 0.703. The maximum atomic E-state index is 12.9. The summed E-state index contributed by atoms with van der Waals surface area (Å²) in [5.41, 5.74) is 0. The van der Waals surface area contributed by atoms with Gasteiger partial charge in [-0.15, -0.1) is 0 Å². The van der Waals surface area contributed by atoms with Crippen LogP contribution in [-0.4, -0.2) is 19.0 Å². The van der Waals surface area contributed by atoms with Crippen molar-refractivity contribution in [2.45, 2.75) is 31.6 Å². The van der Waals surface area contributed by atoms with E-state index in [4.69, 9.17) is 0 Å². The number of halogens is 2. The van der Waals surface area contributed by atoms with Crippen molar-refractivity contribution >= 4 is 5.97 Å². The number of hydrogen-bond donors (Lipinski definition) is 0. The second-order valence-corrected chi connectivity index (χ2v) is 3.13. The van der Waals surface area contributed by atoms with E-state index in [2.05, 4.69) is 4.74 Å². The third kappa shape index (κ3) is 1.93. The molecule has 1 rings (SSSR count). The lowest BCUT2D eigenvalue weighted by molar-refractivity contribution is -0.145. The largest absolute Gasteiger partial charge is 0.469 e. The van der Waals surface area contributed by atoms with Gasteiger partial charge in [-0.05, 0) is 12.8 Å². The van der Waals surface area contributed by atoms with Crippen molar-refractivity contribution < 1.29 is 18.3 Å². The molecule has 0 bridgehead atoms. The zero-order chi connectivity index (χ0) is 9.19. The molecule has 1 aliphatic carbocycles. The summed E-state index contributed by atoms with van der Waals surface area (Å²) in [6.45, 7) is 0. The molecule has 0 heterocycles. The Hall–Kier alpha value is -0.670. The number of rotatable bonds is 2. The fraction of sp³-hybridized carbons (Fsp3) is 0.875. The zero-order valence-corrected chi connectivity index (χ0v) is 6.98. The Balaban J connectivity index is 2.47. The van der Waals surface area contributed by atoms with Crippen molar-refractivity contribution in [3.8, 4) is 0 Å². The van der Waals surface area contributed by atoms with Gasteiger partial charge in [-0.25, -0.2) is 8.78 Å². The highest BCUT2D eigenvalue weighted by molar-refractivity contribution is 5.69. The normalized spacial score (nSPS) is 27.1. The standard InChI is InChI=1S/C8H12F2O2/c1-12-7(11)5-6-3-2-4-8(6,9)10/h6H,2-5H2,1H3. The van der Waals surface area contributed by atoms with Crippen LogP contribution in [0.25, 0.3) is 0 Å². The Morgan fingerprint density at radius 1 is 1.67 bits per heavy atom. The minimum Gasteiger partial charge on any atom is -0.469 e. The molecule has 1 aliphatic rings. The lowest BCUT2D eigenvalue weighted by Crippen LogP contribution is -2.24. The van der Waals surface area contributed by atoms with Gasteiger partial charge in [-0.3, -0.25) is 4.79 Å². The van der Waals surface area contributed by atoms with Gasteiger partial charge in [0.1, 0.15) is 0 Å². The summed E-state index contributed by atoms with van der Waals surface area (Å²) in [5, 5.41) is 0. The zero-order valence-electron chi connectivity index (χ0n) is 6.98. The van der Waals surface area contributed by atoms with Gasteiger partial charge in [0.05, 0.1) is 13.5 Å². The molecule has 2 nitrogen and oxygen atoms in total. The van der Waals surface area contributed by atoms with E-state index in [1.54, 1.807) is 0 Å². The van der Waals surface area contributed by atoms with E-state index in [1.807, 2.05) is 0 Å². The highest BCUT2D eigenvalue weighted by Gasteiger charge is 2.44. The smallest absolute Gasteiger partial charge is 0.306 e. The van der Waals surface area contributed by atoms with Crippen LogP contribution >= 0.6 is 0 Å². The number of alkyl halides is 2. The molecule has 0 amide bonds. The topological polar surface area (TPSA) is 26.3 Å². The van der Waals surface area contributed by atoms with Gasteiger partial charge >= 0.3 is 5.97 Å². The van der Waals surface area contributed by atoms with Crippen LogP contribution in [0.15, 0.2) is 0 Å². The van der Waals surface area contributed by atoms with Crippen LogP contribution in [0, 0.1) is 5.92 Å². The predicted molar refractivity (Wildman–Crippen MR) is 38.9 cm³/mol. The molecule has 0 aromatic heterocycles. The number of carbonyl (C=O) groups is 1. The number of ether oxygens (including phenoxy) is 1. The van der Waals surface area contributed by atoms with Gasteiger partial charge in [-0.1, -0.05) is 0 Å². The number of esters is 1. The first-order chi connectivity index (χ1) is 5.56. The Bertz CT molecular complexity index is 180. The van der Waals surface area contributed by atoms with Crippen LogP contribution < -0.4 is 0 Å². The molecule has 1 saturated carbocycles. The fourth-order valence-corrected chi connectivity index (χ4v) is 1.54. The van der Waals surface area contributed by atoms with Crippen molar-refractivity contribution in [2.75, 3.05) is 7.11 Å². The molecule has 0 aromatic carbocycles. The van der Waals surface area contributed by atoms with Crippen LogP contribution in [0.1, 0.15) is 25.7 Å². The Morgan fingerprint density at radius 2 is 2.33 bits per heavy atom. The molecule has 0 aromatic rings. The Morgan fingerprint density at radius 3 is 2.75 bits per heavy atom. The maximum Gasteiger partial charge on any atom is 0.306 e. The number of methoxy groups -OCH3 is 1. The summed E-state index contributed by atoms with van der Waals surface area (Å²) >= 11 is 0. The molecular formula is C8H12F2O2. The third-order valence-electron chi connectivity index (χ3n) is 2.30. The summed E-state index contributed by atoms with van der Waals surface area (Å²) in [7, 11) is 1.22. The highest BCUT2D eigenvalue weighted by atomic mass is 19.3. The predicted octanol–water partition coefficient (Wildman–Crippen LogP) is 1.98. The second kappa shape index (κ2) is 3.37. The third-order valence-corrected chi connectivity index (χ3v) is 2.30. The van der Waals surface area contributed by atoms with Crippen LogP contribution in [0.2, 0.25) is 0 Å². The van der Waals surface area contributed by atoms with E-state index < -0.39 is 17.8 Å². The SMILES string of the molecule is COC(=O)CC1CCCC1(F)F. The monoisotopic (exact) mass is 178 g/mol. The molecule has 12 heavy (non-hydrogen) atoms. The first-order valence-corrected chi connectivity index (χ1v) is 4.01. The van der Waals surface area contributed by atoms with E-state index in [-0.39, 0.29) is 12.8 Å². The molecule has 0 N–H and O–H groups in total. The molecular weight excluding hydrogens is 166 g/mol. The molecule has 0 spiro atoms. The van der Waals surface area contributed by atoms with E-state index in [1.165, 1.54) is 7.11 Å². The molecule has 1 fully saturated rings. The van der Waals surface area contributed by atoms with E-state index in [0.717, 1.165) is 0 Å². The van der Waals surface area contributed by atoms with Crippen molar-refractivity contribution in [3.05, 3.63) is 0 Å². The van der Waals surface area contributed by atoms with Crippen LogP contribution in [0.5, 0.6) is 0 Å². The van der Waals surface area contributed by atoms with Gasteiger partial charge in [0.15, 0.2) is 0 Å². The lowest BCUT2D eigenvalue weighted by Gasteiger charge is -2.17. The molecule has 0 saturated heterocycles. The summed E-state index contributed by atoms with van der Waals surface area (Å²) in [4.78, 5) is 10.7. The van der Waals surface area contributed by atoms with Crippen molar-refractivity contribution in [2.24, 2.45) is 5.92 Å². The summed E-state index contributed by atoms with van der Waals surface area (Å²) < 4.78 is 30.1. The van der Waals surface area contributed by atoms with E-state index >= 15 is 0 Å². The average Bonchev–Trinajstić information content (AvgIpc) is 2.31. The van der Waals surface area contributed by atoms with E-state index in [9.17, 15) is 13.6 Å². The lowest BCUT2D eigenvalue weighted by atomic mass is 10.0. The second-order valence-electron chi connectivity index (χ2n) is 3.13. The molecule has 0 radical (unpaired) electrons. The highest BCUT2D eigenvalue weighted by Crippen LogP contribution is 2.42. The first-order valence-electron chi connectivity index (χ1n) is 4.01. The minimum atomic E-state index is -2.66. The molecule has 1 unspecified atom stereocenters. The van der Waals surface area contributed by atoms with Crippen LogP contribution in [0.4, 0.5) is 8.78 Å². The van der Waals surface area contributed by atoms with Crippen LogP contribution in [-0.2, 0) is 9.53 Å². The van der Waals surface area contributed by atoms with Crippen molar-refractivity contribution in [1.82, 2.24) is 0 Å². The average molecular weight is 178 g/mol. The van der Waals surface area contributed by atoms with Crippen LogP contribution in [0.3, 0.4) is 0 Å². The minimum absolute atomic E-state index is 0.0886. The molecule has 1 atom stereocenters. The van der Waals surface area contributed by atoms with E-state index in [0.29, 0.717) is 12.8 Å². The van der Waals surface area contributed by atoms with Gasteiger partial charge < -0.3 is 4.74 Å². The van der Waals surface area contributed by atoms with Gasteiger partial charge in [-0.2, -0.15) is 0 Å². The van der Waals surface area contributed by atoms with Crippen molar-refractivity contribution in [1.29, 1.82) is 0 Å². The Labute approximate surface area is 69.9 Å². The van der Waals surface area contributed by atoms with Crippen molar-refractivity contribution in [3.63, 3.8) is 0 Å². The molecule has 0 aliphatic heterocycles. The fourth-order valence-electron chi connectivity index (χ4n) is 1.54. The Kier molecular flexibility index (Phi) is 2.65. The maximum absolute atomic E-state index is 12.9. The van der Waals surface area contributed by atoms with Gasteiger partial charge in [0.2, 0.25) is 0 Å². The van der Waals surface area contributed by atoms with Gasteiger partial charge in [0.25, 0.3) is 5.92 Å². The number of carbonyl (C=O) groups excluding carboxylic acids is 1. The first kappa shape index (κ1) is 9.42. The molecule has 4 heteroatoms. The quantitative estimate of drug-likeness (QED) is 0.604. The summed E-state index contributed by atoms with van der Waals surface area (Å²) in [5.74, 6) is -4.00. The van der Waals surface area contributed by atoms with Gasteiger partial charge in [0, 0.05) is 12.3 Å².